The Bertz CT molecular complexity index is 1480. The molecule has 10 heteroatoms. The number of aromatic hydroxyl groups is 2. The summed E-state index contributed by atoms with van der Waals surface area (Å²) in [5.41, 5.74) is 2.41. The van der Waals surface area contributed by atoms with Crippen LogP contribution in [-0.2, 0) is 0 Å². The molecular formula is C30H26N6O4. The van der Waals surface area contributed by atoms with Gasteiger partial charge in [-0.1, -0.05) is 12.1 Å². The van der Waals surface area contributed by atoms with Crippen LogP contribution in [0.4, 0.5) is 11.4 Å². The Hall–Kier alpha value is -5.38. The molecule has 10 nitrogen and oxygen atoms in total. The fourth-order valence-electron chi connectivity index (χ4n) is 4.41. The van der Waals surface area contributed by atoms with E-state index in [2.05, 4.69) is 30.6 Å². The molecule has 2 heterocycles. The largest absolute Gasteiger partial charge is 0.507 e. The smallest absolute Gasteiger partial charge is 0.200 e. The van der Waals surface area contributed by atoms with E-state index in [1.807, 2.05) is 24.3 Å². The SMILES string of the molecule is O=C1c2c(O)ccc(O)c2C(=O)c2c(NCC/N=C/c3cccnc3)ccc(NCC/N=C/c3cccnc3)c21. The number of nitrogens with one attached hydrogen (secondary N) is 2. The molecular weight excluding hydrogens is 508 g/mol. The summed E-state index contributed by atoms with van der Waals surface area (Å²) < 4.78 is 0. The number of phenolic OH excluding ortho intramolecular Hbond substituents is 2. The molecule has 4 aromatic rings. The summed E-state index contributed by atoms with van der Waals surface area (Å²) in [6, 6.07) is 13.2. The first kappa shape index (κ1) is 26.2. The third-order valence-corrected chi connectivity index (χ3v) is 6.24. The fourth-order valence-corrected chi connectivity index (χ4v) is 4.41. The first-order valence-electron chi connectivity index (χ1n) is 12.6. The highest BCUT2D eigenvalue weighted by atomic mass is 16.3. The van der Waals surface area contributed by atoms with Crippen LogP contribution in [0.2, 0.25) is 0 Å². The number of pyridine rings is 2. The lowest BCUT2D eigenvalue weighted by atomic mass is 9.81. The molecule has 0 bridgehead atoms. The van der Waals surface area contributed by atoms with Gasteiger partial charge in [0.25, 0.3) is 0 Å². The molecule has 5 rings (SSSR count). The summed E-state index contributed by atoms with van der Waals surface area (Å²) in [4.78, 5) is 44.2. The van der Waals surface area contributed by atoms with E-state index >= 15 is 0 Å². The average Bonchev–Trinajstić information content (AvgIpc) is 2.98. The minimum Gasteiger partial charge on any atom is -0.507 e. The van der Waals surface area contributed by atoms with Crippen molar-refractivity contribution >= 4 is 35.4 Å². The van der Waals surface area contributed by atoms with Crippen molar-refractivity contribution in [2.75, 3.05) is 36.8 Å². The van der Waals surface area contributed by atoms with Crippen LogP contribution in [0, 0.1) is 0 Å². The molecule has 0 spiro atoms. The number of phenols is 2. The van der Waals surface area contributed by atoms with Gasteiger partial charge in [-0.05, 0) is 36.4 Å². The number of ketones is 2. The summed E-state index contributed by atoms with van der Waals surface area (Å²) >= 11 is 0. The van der Waals surface area contributed by atoms with Gasteiger partial charge in [-0.15, -0.1) is 0 Å². The van der Waals surface area contributed by atoms with E-state index in [4.69, 9.17) is 0 Å². The number of aromatic nitrogens is 2. The zero-order chi connectivity index (χ0) is 27.9. The second-order valence-electron chi connectivity index (χ2n) is 8.92. The van der Waals surface area contributed by atoms with Gasteiger partial charge < -0.3 is 20.8 Å². The highest BCUT2D eigenvalue weighted by molar-refractivity contribution is 6.33. The zero-order valence-electron chi connectivity index (χ0n) is 21.4. The Morgan fingerprint density at radius 3 is 1.50 bits per heavy atom. The number of aliphatic imine (C=N–C) groups is 2. The molecule has 0 amide bonds. The van der Waals surface area contributed by atoms with Crippen LogP contribution in [0.1, 0.15) is 43.0 Å². The maximum absolute atomic E-state index is 13.6. The van der Waals surface area contributed by atoms with E-state index in [0.29, 0.717) is 37.6 Å². The van der Waals surface area contributed by atoms with Crippen molar-refractivity contribution in [1.82, 2.24) is 9.97 Å². The van der Waals surface area contributed by atoms with Gasteiger partial charge in [-0.3, -0.25) is 29.5 Å². The van der Waals surface area contributed by atoms with Crippen LogP contribution in [-0.4, -0.2) is 70.4 Å². The number of rotatable bonds is 10. The minimum atomic E-state index is -0.558. The highest BCUT2D eigenvalue weighted by Crippen LogP contribution is 2.42. The molecule has 4 N–H and O–H groups in total. The molecule has 0 saturated carbocycles. The van der Waals surface area contributed by atoms with Gasteiger partial charge in [0.15, 0.2) is 0 Å². The Balaban J connectivity index is 1.38. The molecule has 0 saturated heterocycles. The Morgan fingerprint density at radius 1 is 0.650 bits per heavy atom. The highest BCUT2D eigenvalue weighted by Gasteiger charge is 2.37. The third-order valence-electron chi connectivity index (χ3n) is 6.24. The van der Waals surface area contributed by atoms with Gasteiger partial charge in [0.2, 0.25) is 11.6 Å². The van der Waals surface area contributed by atoms with Crippen LogP contribution < -0.4 is 10.6 Å². The van der Waals surface area contributed by atoms with E-state index in [1.165, 1.54) is 12.1 Å². The Labute approximate surface area is 230 Å². The molecule has 1 aliphatic carbocycles. The van der Waals surface area contributed by atoms with Gasteiger partial charge in [0, 0.05) is 72.8 Å². The molecule has 2 aromatic heterocycles. The monoisotopic (exact) mass is 534 g/mol. The second-order valence-corrected chi connectivity index (χ2v) is 8.92. The third kappa shape index (κ3) is 5.56. The van der Waals surface area contributed by atoms with Crippen LogP contribution in [0.5, 0.6) is 11.5 Å². The summed E-state index contributed by atoms with van der Waals surface area (Å²) in [7, 11) is 0. The normalized spacial score (nSPS) is 12.5. The molecule has 0 fully saturated rings. The van der Waals surface area contributed by atoms with Crippen LogP contribution in [0.3, 0.4) is 0 Å². The average molecular weight is 535 g/mol. The van der Waals surface area contributed by atoms with Gasteiger partial charge in [-0.25, -0.2) is 0 Å². The van der Waals surface area contributed by atoms with Gasteiger partial charge in [0.1, 0.15) is 11.5 Å². The maximum atomic E-state index is 13.6. The maximum Gasteiger partial charge on any atom is 0.200 e. The quantitative estimate of drug-likeness (QED) is 0.120. The Morgan fingerprint density at radius 2 is 1.10 bits per heavy atom. The van der Waals surface area contributed by atoms with Crippen molar-refractivity contribution in [3.05, 3.63) is 107 Å². The number of hydrogen-bond donors (Lipinski definition) is 4. The van der Waals surface area contributed by atoms with Gasteiger partial charge in [0.05, 0.1) is 35.3 Å². The van der Waals surface area contributed by atoms with Crippen molar-refractivity contribution in [3.63, 3.8) is 0 Å². The number of carbonyl (C=O) groups excluding carboxylic acids is 2. The van der Waals surface area contributed by atoms with E-state index in [-0.39, 0.29) is 33.8 Å². The van der Waals surface area contributed by atoms with E-state index < -0.39 is 11.6 Å². The predicted octanol–water partition coefficient (Wildman–Crippen LogP) is 3.73. The van der Waals surface area contributed by atoms with E-state index in [9.17, 15) is 19.8 Å². The number of fused-ring (bicyclic) bond motifs is 2. The topological polar surface area (TPSA) is 149 Å². The van der Waals surface area contributed by atoms with Crippen molar-refractivity contribution in [1.29, 1.82) is 0 Å². The summed E-state index contributed by atoms with van der Waals surface area (Å²) in [5.74, 6) is -1.85. The number of carbonyl (C=O) groups is 2. The second kappa shape index (κ2) is 12.0. The van der Waals surface area contributed by atoms with Crippen LogP contribution >= 0.6 is 0 Å². The first-order chi connectivity index (χ1) is 19.5. The molecule has 0 aliphatic heterocycles. The van der Waals surface area contributed by atoms with E-state index in [1.54, 1.807) is 49.3 Å². The molecule has 0 atom stereocenters. The first-order valence-corrected chi connectivity index (χ1v) is 12.6. The van der Waals surface area contributed by atoms with Crippen molar-refractivity contribution in [3.8, 4) is 11.5 Å². The van der Waals surface area contributed by atoms with E-state index in [0.717, 1.165) is 11.1 Å². The van der Waals surface area contributed by atoms with Gasteiger partial charge in [-0.2, -0.15) is 0 Å². The molecule has 40 heavy (non-hydrogen) atoms. The number of nitrogens with zero attached hydrogens (tertiary/aromatic N) is 4. The van der Waals surface area contributed by atoms with Crippen molar-refractivity contribution in [2.24, 2.45) is 9.98 Å². The lowest BCUT2D eigenvalue weighted by Gasteiger charge is -2.24. The molecule has 200 valence electrons. The summed E-state index contributed by atoms with van der Waals surface area (Å²) in [6.45, 7) is 1.59. The Kier molecular flexibility index (Phi) is 7.87. The molecule has 1 aliphatic rings. The summed E-state index contributed by atoms with van der Waals surface area (Å²) in [6.07, 6.45) is 10.2. The zero-order valence-corrected chi connectivity index (χ0v) is 21.4. The molecule has 0 radical (unpaired) electrons. The fraction of sp³-hybridized carbons (Fsp3) is 0.133. The van der Waals surface area contributed by atoms with Crippen molar-refractivity contribution in [2.45, 2.75) is 0 Å². The lowest BCUT2D eigenvalue weighted by molar-refractivity contribution is 0.0975. The van der Waals surface area contributed by atoms with Crippen molar-refractivity contribution < 1.29 is 19.8 Å². The standard InChI is InChI=1S/C30H26N6O4/c37-23-7-8-24(38)28-27(23)29(39)25-21(35-13-11-33-17-19-3-1-9-31-15-19)5-6-22(26(25)30(28)40)36-14-12-34-18-20-4-2-10-32-16-20/h1-10,15-18,35-38H,11-14H2/b33-17+,34-18+. The van der Waals surface area contributed by atoms with Crippen LogP contribution in [0.25, 0.3) is 0 Å². The van der Waals surface area contributed by atoms with Crippen LogP contribution in [0.15, 0.2) is 83.3 Å². The number of hydrogen-bond acceptors (Lipinski definition) is 10. The number of benzene rings is 2. The predicted molar refractivity (Wildman–Crippen MR) is 153 cm³/mol. The molecule has 0 unspecified atom stereocenters. The molecule has 2 aromatic carbocycles. The summed E-state index contributed by atoms with van der Waals surface area (Å²) in [5, 5.41) is 27.3. The van der Waals surface area contributed by atoms with Gasteiger partial charge >= 0.3 is 0 Å². The lowest BCUT2D eigenvalue weighted by Crippen LogP contribution is -2.25. The number of anilines is 2. The minimum absolute atomic E-state index is 0.124.